The van der Waals surface area contributed by atoms with Crippen LogP contribution in [0.4, 0.5) is 18.0 Å². The van der Waals surface area contributed by atoms with E-state index in [1.807, 2.05) is 13.8 Å². The number of carbonyl (C=O) groups is 2. The first-order valence-electron chi connectivity index (χ1n) is 9.64. The fourth-order valence-corrected chi connectivity index (χ4v) is 3.64. The molecule has 0 aliphatic carbocycles. The highest BCUT2D eigenvalue weighted by molar-refractivity contribution is 6.00. The normalized spacial score (nSPS) is 23.8. The van der Waals surface area contributed by atoms with Crippen molar-refractivity contribution >= 4 is 11.8 Å². The van der Waals surface area contributed by atoms with Gasteiger partial charge in [-0.1, -0.05) is 38.1 Å². The van der Waals surface area contributed by atoms with Gasteiger partial charge in [0.1, 0.15) is 11.7 Å². The minimum atomic E-state index is -5.30. The molecule has 2 aromatic rings. The van der Waals surface area contributed by atoms with Crippen molar-refractivity contribution in [2.24, 2.45) is 5.92 Å². The molecule has 2 amide bonds. The fourth-order valence-electron chi connectivity index (χ4n) is 3.64. The number of alkyl halides is 3. The highest BCUT2D eigenvalue weighted by Crippen LogP contribution is 2.44. The minimum Gasteiger partial charge on any atom is -0.497 e. The average molecular weight is 436 g/mol. The molecule has 9 heteroatoms. The molecule has 1 aliphatic rings. The maximum atomic E-state index is 13.9. The lowest BCUT2D eigenvalue weighted by atomic mass is 9.77. The molecule has 3 rings (SSSR count). The summed E-state index contributed by atoms with van der Waals surface area (Å²) in [6.07, 6.45) is -5.30. The van der Waals surface area contributed by atoms with Gasteiger partial charge in [-0.05, 0) is 41.3 Å². The summed E-state index contributed by atoms with van der Waals surface area (Å²) in [6, 6.07) is 9.40. The van der Waals surface area contributed by atoms with Gasteiger partial charge in [0.15, 0.2) is 5.78 Å². The number of Topliss-reactive ketones (excluding diaryl/α,β-unsaturated/α-hetero) is 1. The summed E-state index contributed by atoms with van der Waals surface area (Å²) in [7, 11) is 1.41. The zero-order valence-electron chi connectivity index (χ0n) is 17.2. The van der Waals surface area contributed by atoms with E-state index in [0.717, 1.165) is 5.56 Å². The third-order valence-corrected chi connectivity index (χ3v) is 5.43. The Labute approximate surface area is 177 Å². The van der Waals surface area contributed by atoms with Gasteiger partial charge in [0.05, 0.1) is 13.2 Å². The van der Waals surface area contributed by atoms with Crippen LogP contribution >= 0.6 is 0 Å². The van der Waals surface area contributed by atoms with E-state index in [2.05, 4.69) is 5.32 Å². The third-order valence-electron chi connectivity index (χ3n) is 5.43. The number of nitrogens with one attached hydrogen (secondary N) is 2. The summed E-state index contributed by atoms with van der Waals surface area (Å²) in [5, 5.41) is 14.5. The van der Waals surface area contributed by atoms with E-state index in [1.54, 1.807) is 24.3 Å². The van der Waals surface area contributed by atoms with Crippen LogP contribution in [0.1, 0.15) is 47.3 Å². The molecule has 0 aromatic heterocycles. The van der Waals surface area contributed by atoms with Crippen molar-refractivity contribution in [1.82, 2.24) is 10.6 Å². The predicted molar refractivity (Wildman–Crippen MR) is 107 cm³/mol. The highest BCUT2D eigenvalue weighted by atomic mass is 19.4. The van der Waals surface area contributed by atoms with E-state index >= 15 is 0 Å². The first-order valence-corrected chi connectivity index (χ1v) is 9.64. The fraction of sp³-hybridized carbons (Fsp3) is 0.364. The maximum absolute atomic E-state index is 13.9. The largest absolute Gasteiger partial charge is 0.497 e. The number of urea groups is 1. The summed E-state index contributed by atoms with van der Waals surface area (Å²) in [5.41, 5.74) is -2.61. The summed E-state index contributed by atoms with van der Waals surface area (Å²) >= 11 is 0. The number of ether oxygens (including phenoxy) is 1. The Morgan fingerprint density at radius 3 is 2.16 bits per heavy atom. The van der Waals surface area contributed by atoms with Crippen LogP contribution in [0.5, 0.6) is 5.75 Å². The first-order chi connectivity index (χ1) is 14.5. The standard InChI is InChI=1S/C22H23F3N2O4/c1-12(2)13-4-6-14(7-5-13)18-17(19(28)15-8-10-16(31-3)11-9-15)21(30,22(23,24)25)27-20(29)26-18/h4-12,17-18,30H,1-3H3,(H2,26,27,29)/t17-,18+,21+/m0/s1. The van der Waals surface area contributed by atoms with Crippen molar-refractivity contribution in [3.63, 3.8) is 0 Å². The predicted octanol–water partition coefficient (Wildman–Crippen LogP) is 3.92. The number of aliphatic hydroxyl groups is 1. The van der Waals surface area contributed by atoms with Crippen LogP contribution in [0.15, 0.2) is 48.5 Å². The van der Waals surface area contributed by atoms with Gasteiger partial charge in [-0.25, -0.2) is 4.79 Å². The molecular formula is C22H23F3N2O4. The van der Waals surface area contributed by atoms with Crippen LogP contribution in [-0.4, -0.2) is 35.9 Å². The minimum absolute atomic E-state index is 0.0600. The molecule has 0 unspecified atom stereocenters. The van der Waals surface area contributed by atoms with E-state index in [-0.39, 0.29) is 17.0 Å². The molecule has 1 heterocycles. The Morgan fingerprint density at radius 1 is 1.10 bits per heavy atom. The molecule has 0 spiro atoms. The number of hydrogen-bond acceptors (Lipinski definition) is 4. The lowest BCUT2D eigenvalue weighted by Crippen LogP contribution is -2.72. The summed E-state index contributed by atoms with van der Waals surface area (Å²) in [5.74, 6) is -2.45. The second kappa shape index (κ2) is 8.22. The maximum Gasteiger partial charge on any atom is 0.437 e. The molecule has 3 N–H and O–H groups in total. The van der Waals surface area contributed by atoms with Crippen LogP contribution in [0.25, 0.3) is 0 Å². The summed E-state index contributed by atoms with van der Waals surface area (Å²) in [4.78, 5) is 25.3. The highest BCUT2D eigenvalue weighted by Gasteiger charge is 2.66. The SMILES string of the molecule is COc1ccc(C(=O)[C@@H]2[C@@H](c3ccc(C(C)C)cc3)NC(=O)N[C@]2(O)C(F)(F)F)cc1. The van der Waals surface area contributed by atoms with E-state index in [1.165, 1.54) is 36.7 Å². The number of amides is 2. The van der Waals surface area contributed by atoms with Gasteiger partial charge in [-0.15, -0.1) is 0 Å². The van der Waals surface area contributed by atoms with Gasteiger partial charge in [-0.2, -0.15) is 13.2 Å². The molecule has 0 saturated carbocycles. The zero-order valence-corrected chi connectivity index (χ0v) is 17.2. The second-order valence-corrected chi connectivity index (χ2v) is 7.73. The summed E-state index contributed by atoms with van der Waals surface area (Å²) in [6.45, 7) is 3.92. The molecule has 1 fully saturated rings. The average Bonchev–Trinajstić information content (AvgIpc) is 2.72. The van der Waals surface area contributed by atoms with Gasteiger partial charge in [0, 0.05) is 5.56 Å². The van der Waals surface area contributed by atoms with Gasteiger partial charge < -0.3 is 20.5 Å². The molecule has 6 nitrogen and oxygen atoms in total. The molecule has 0 radical (unpaired) electrons. The Morgan fingerprint density at radius 2 is 1.68 bits per heavy atom. The number of methoxy groups -OCH3 is 1. The van der Waals surface area contributed by atoms with Gasteiger partial charge >= 0.3 is 12.2 Å². The molecule has 2 aromatic carbocycles. The Hall–Kier alpha value is -3.07. The van der Waals surface area contributed by atoms with Crippen LogP contribution in [-0.2, 0) is 0 Å². The number of carbonyl (C=O) groups excluding carboxylic acids is 2. The van der Waals surface area contributed by atoms with E-state index in [0.29, 0.717) is 5.75 Å². The molecule has 31 heavy (non-hydrogen) atoms. The zero-order chi connectivity index (χ0) is 23.0. The molecule has 3 atom stereocenters. The molecule has 1 saturated heterocycles. The lowest BCUT2D eigenvalue weighted by molar-refractivity contribution is -0.287. The number of hydrogen-bond donors (Lipinski definition) is 3. The van der Waals surface area contributed by atoms with Crippen molar-refractivity contribution in [1.29, 1.82) is 0 Å². The van der Waals surface area contributed by atoms with Gasteiger partial charge in [-0.3, -0.25) is 4.79 Å². The Bertz CT molecular complexity index is 958. The smallest absolute Gasteiger partial charge is 0.437 e. The van der Waals surface area contributed by atoms with Crippen molar-refractivity contribution in [3.8, 4) is 5.75 Å². The summed E-state index contributed by atoms with van der Waals surface area (Å²) < 4.78 is 46.8. The topological polar surface area (TPSA) is 87.7 Å². The number of ketones is 1. The monoisotopic (exact) mass is 436 g/mol. The molecule has 1 aliphatic heterocycles. The van der Waals surface area contributed by atoms with Crippen molar-refractivity contribution < 1.29 is 32.6 Å². The first kappa shape index (κ1) is 22.6. The van der Waals surface area contributed by atoms with E-state index in [9.17, 15) is 27.9 Å². The van der Waals surface area contributed by atoms with Gasteiger partial charge in [0.2, 0.25) is 5.72 Å². The lowest BCUT2D eigenvalue weighted by Gasteiger charge is -2.45. The quantitative estimate of drug-likeness (QED) is 0.620. The second-order valence-electron chi connectivity index (χ2n) is 7.73. The van der Waals surface area contributed by atoms with Gasteiger partial charge in [0.25, 0.3) is 0 Å². The molecular weight excluding hydrogens is 413 g/mol. The van der Waals surface area contributed by atoms with Crippen LogP contribution < -0.4 is 15.4 Å². The number of benzene rings is 2. The number of rotatable bonds is 5. The van der Waals surface area contributed by atoms with Crippen LogP contribution in [0.2, 0.25) is 0 Å². The van der Waals surface area contributed by atoms with Crippen molar-refractivity contribution in [2.75, 3.05) is 7.11 Å². The van der Waals surface area contributed by atoms with Crippen molar-refractivity contribution in [2.45, 2.75) is 37.7 Å². The van der Waals surface area contributed by atoms with Crippen LogP contribution in [0.3, 0.4) is 0 Å². The van der Waals surface area contributed by atoms with E-state index < -0.39 is 35.7 Å². The third kappa shape index (κ3) is 4.23. The molecule has 0 bridgehead atoms. The van der Waals surface area contributed by atoms with Crippen molar-refractivity contribution in [3.05, 3.63) is 65.2 Å². The van der Waals surface area contributed by atoms with Crippen LogP contribution in [0, 0.1) is 5.92 Å². The number of halogens is 3. The Balaban J connectivity index is 2.11. The van der Waals surface area contributed by atoms with E-state index in [4.69, 9.17) is 4.74 Å². The Kier molecular flexibility index (Phi) is 6.00. The molecule has 166 valence electrons.